The van der Waals surface area contributed by atoms with E-state index >= 15 is 0 Å². The van der Waals surface area contributed by atoms with E-state index in [0.717, 1.165) is 13.0 Å². The summed E-state index contributed by atoms with van der Waals surface area (Å²) in [6.45, 7) is 2.30. The smallest absolute Gasteiger partial charge is 0.239 e. The molecule has 6 heteroatoms. The van der Waals surface area contributed by atoms with Gasteiger partial charge in [0, 0.05) is 35.4 Å². The van der Waals surface area contributed by atoms with Crippen LogP contribution >= 0.6 is 12.4 Å². The molecule has 0 aromatic carbocycles. The minimum Gasteiger partial charge on any atom is -0.340 e. The first-order valence-corrected chi connectivity index (χ1v) is 6.13. The molecule has 4 nitrogen and oxygen atoms in total. The van der Waals surface area contributed by atoms with Gasteiger partial charge in [-0.3, -0.25) is 9.00 Å². The number of halogens is 1. The Balaban J connectivity index is 0.000000980. The van der Waals surface area contributed by atoms with Gasteiger partial charge in [-0.25, -0.2) is 0 Å². The van der Waals surface area contributed by atoms with Gasteiger partial charge in [-0.15, -0.1) is 12.4 Å². The molecular weight excluding hydrogens is 224 g/mol. The first-order chi connectivity index (χ1) is 6.27. The van der Waals surface area contributed by atoms with Crippen LogP contribution in [0.25, 0.3) is 0 Å². The molecule has 2 rings (SSSR count). The first kappa shape index (κ1) is 11.9. The predicted molar refractivity (Wildman–Crippen MR) is 58.1 cm³/mol. The van der Waals surface area contributed by atoms with Crippen LogP contribution < -0.4 is 5.32 Å². The maximum Gasteiger partial charge on any atom is 0.239 e. The van der Waals surface area contributed by atoms with Gasteiger partial charge in [-0.2, -0.15) is 0 Å². The Morgan fingerprint density at radius 3 is 2.36 bits per heavy atom. The molecule has 2 fully saturated rings. The van der Waals surface area contributed by atoms with Crippen LogP contribution in [-0.2, 0) is 15.6 Å². The maximum absolute atomic E-state index is 11.7. The summed E-state index contributed by atoms with van der Waals surface area (Å²) in [6, 6.07) is 0.0477. The standard InChI is InChI=1S/C8H14N2O2S.ClH/c11-8(7-1-2-9-7)10-3-5-13(12)6-4-10;/h7,9H,1-6H2;1H/t7-;/m1./s1. The van der Waals surface area contributed by atoms with Gasteiger partial charge in [0.05, 0.1) is 6.04 Å². The minimum absolute atomic E-state index is 0. The van der Waals surface area contributed by atoms with Crippen LogP contribution in [0, 0.1) is 0 Å². The van der Waals surface area contributed by atoms with E-state index in [0.29, 0.717) is 24.6 Å². The molecule has 2 aliphatic heterocycles. The molecule has 0 unspecified atom stereocenters. The van der Waals surface area contributed by atoms with Crippen molar-refractivity contribution in [3.63, 3.8) is 0 Å². The highest BCUT2D eigenvalue weighted by Gasteiger charge is 2.30. The third kappa shape index (κ3) is 2.46. The topological polar surface area (TPSA) is 49.4 Å². The number of hydrogen-bond donors (Lipinski definition) is 1. The molecule has 0 spiro atoms. The van der Waals surface area contributed by atoms with Gasteiger partial charge < -0.3 is 10.2 Å². The molecule has 0 aromatic rings. The lowest BCUT2D eigenvalue weighted by Gasteiger charge is -2.34. The molecule has 82 valence electrons. The van der Waals surface area contributed by atoms with E-state index in [1.807, 2.05) is 4.90 Å². The van der Waals surface area contributed by atoms with Crippen molar-refractivity contribution in [2.45, 2.75) is 12.5 Å². The van der Waals surface area contributed by atoms with E-state index in [9.17, 15) is 9.00 Å². The number of rotatable bonds is 1. The van der Waals surface area contributed by atoms with Gasteiger partial charge in [-0.05, 0) is 13.0 Å². The van der Waals surface area contributed by atoms with Crippen molar-refractivity contribution in [1.29, 1.82) is 0 Å². The van der Waals surface area contributed by atoms with Crippen LogP contribution in [0.1, 0.15) is 6.42 Å². The normalized spacial score (nSPS) is 27.7. The molecule has 2 heterocycles. The van der Waals surface area contributed by atoms with E-state index in [-0.39, 0.29) is 24.4 Å². The number of carbonyl (C=O) groups is 1. The van der Waals surface area contributed by atoms with Gasteiger partial charge in [-0.1, -0.05) is 0 Å². The van der Waals surface area contributed by atoms with E-state index in [1.54, 1.807) is 0 Å². The summed E-state index contributed by atoms with van der Waals surface area (Å²) in [5.74, 6) is 1.50. The Morgan fingerprint density at radius 1 is 1.36 bits per heavy atom. The molecule has 1 amide bonds. The second-order valence-corrected chi connectivity index (χ2v) is 5.16. The number of amides is 1. The van der Waals surface area contributed by atoms with Crippen LogP contribution in [0.2, 0.25) is 0 Å². The fourth-order valence-corrected chi connectivity index (χ4v) is 2.63. The number of carbonyl (C=O) groups excluding carboxylic acids is 1. The molecule has 0 saturated carbocycles. The lowest BCUT2D eigenvalue weighted by Crippen LogP contribution is -2.56. The highest BCUT2D eigenvalue weighted by molar-refractivity contribution is 7.85. The third-order valence-electron chi connectivity index (χ3n) is 2.61. The Labute approximate surface area is 92.3 Å². The van der Waals surface area contributed by atoms with E-state index in [4.69, 9.17) is 0 Å². The summed E-state index contributed by atoms with van der Waals surface area (Å²) < 4.78 is 11.0. The van der Waals surface area contributed by atoms with Gasteiger partial charge in [0.25, 0.3) is 0 Å². The second-order valence-electron chi connectivity index (χ2n) is 3.47. The third-order valence-corrected chi connectivity index (χ3v) is 3.89. The summed E-state index contributed by atoms with van der Waals surface area (Å²) in [5.41, 5.74) is 0. The molecule has 14 heavy (non-hydrogen) atoms. The highest BCUT2D eigenvalue weighted by atomic mass is 35.5. The average molecular weight is 239 g/mol. The Hall–Kier alpha value is -0.130. The Morgan fingerprint density at radius 2 is 1.93 bits per heavy atom. The molecular formula is C8H15ClN2O2S. The van der Waals surface area contributed by atoms with E-state index in [2.05, 4.69) is 5.32 Å². The molecule has 0 aliphatic carbocycles. The van der Waals surface area contributed by atoms with Crippen LogP contribution in [0.4, 0.5) is 0 Å². The maximum atomic E-state index is 11.7. The van der Waals surface area contributed by atoms with Gasteiger partial charge in [0.2, 0.25) is 5.91 Å². The van der Waals surface area contributed by atoms with Crippen molar-refractivity contribution in [3.05, 3.63) is 0 Å². The molecule has 2 saturated heterocycles. The summed E-state index contributed by atoms with van der Waals surface area (Å²) in [5, 5.41) is 3.09. The highest BCUT2D eigenvalue weighted by Crippen LogP contribution is 2.09. The average Bonchev–Trinajstić information content (AvgIpc) is 2.02. The zero-order valence-corrected chi connectivity index (χ0v) is 9.53. The fraction of sp³-hybridized carbons (Fsp3) is 0.875. The lowest BCUT2D eigenvalue weighted by atomic mass is 10.1. The van der Waals surface area contributed by atoms with E-state index in [1.165, 1.54) is 0 Å². The van der Waals surface area contributed by atoms with Gasteiger partial charge >= 0.3 is 0 Å². The Bertz CT molecular complexity index is 235. The van der Waals surface area contributed by atoms with Crippen LogP contribution in [-0.4, -0.2) is 52.2 Å². The number of hydrogen-bond acceptors (Lipinski definition) is 3. The van der Waals surface area contributed by atoms with Crippen molar-refractivity contribution in [1.82, 2.24) is 10.2 Å². The molecule has 0 aromatic heterocycles. The van der Waals surface area contributed by atoms with Crippen molar-refractivity contribution >= 4 is 29.1 Å². The quantitative estimate of drug-likeness (QED) is 0.661. The van der Waals surface area contributed by atoms with Crippen LogP contribution in [0.5, 0.6) is 0 Å². The van der Waals surface area contributed by atoms with Crippen molar-refractivity contribution < 1.29 is 9.00 Å². The fourth-order valence-electron chi connectivity index (χ4n) is 1.58. The first-order valence-electron chi connectivity index (χ1n) is 4.64. The van der Waals surface area contributed by atoms with Crippen molar-refractivity contribution in [2.75, 3.05) is 31.1 Å². The summed E-state index contributed by atoms with van der Waals surface area (Å²) in [4.78, 5) is 13.5. The summed E-state index contributed by atoms with van der Waals surface area (Å²) >= 11 is 0. The minimum atomic E-state index is -0.689. The van der Waals surface area contributed by atoms with Crippen LogP contribution in [0.3, 0.4) is 0 Å². The Kier molecular flexibility index (Phi) is 4.34. The molecule has 1 atom stereocenters. The van der Waals surface area contributed by atoms with Crippen LogP contribution in [0.15, 0.2) is 0 Å². The van der Waals surface area contributed by atoms with Crippen molar-refractivity contribution in [2.24, 2.45) is 0 Å². The summed E-state index contributed by atoms with van der Waals surface area (Å²) in [6.07, 6.45) is 0.957. The second kappa shape index (κ2) is 5.09. The molecule has 2 aliphatic rings. The SMILES string of the molecule is Cl.O=C([C@H]1CCN1)N1CCS(=O)CC1. The lowest BCUT2D eigenvalue weighted by molar-refractivity contribution is -0.134. The number of nitrogens with one attached hydrogen (secondary N) is 1. The zero-order chi connectivity index (χ0) is 9.26. The number of nitrogens with zero attached hydrogens (tertiary/aromatic N) is 1. The monoisotopic (exact) mass is 238 g/mol. The largest absolute Gasteiger partial charge is 0.340 e. The predicted octanol–water partition coefficient (Wildman–Crippen LogP) is -0.639. The zero-order valence-electron chi connectivity index (χ0n) is 7.90. The van der Waals surface area contributed by atoms with Crippen molar-refractivity contribution in [3.8, 4) is 0 Å². The molecule has 0 radical (unpaired) electrons. The molecule has 1 N–H and O–H groups in total. The van der Waals surface area contributed by atoms with E-state index < -0.39 is 10.8 Å². The van der Waals surface area contributed by atoms with Gasteiger partial charge in [0.15, 0.2) is 0 Å². The molecule has 0 bridgehead atoms. The summed E-state index contributed by atoms with van der Waals surface area (Å²) in [7, 11) is -0.689. The van der Waals surface area contributed by atoms with Gasteiger partial charge in [0.1, 0.15) is 0 Å².